The fraction of sp³-hybridized carbons (Fsp3) is 0.364. The molecule has 0 aromatic carbocycles. The molecule has 0 amide bonds. The second-order valence-corrected chi connectivity index (χ2v) is 3.94. The Morgan fingerprint density at radius 3 is 2.81 bits per heavy atom. The number of carbonyl (C=O) groups excluding carboxylic acids is 1. The Hall–Kier alpha value is -1.91. The van der Waals surface area contributed by atoms with Crippen molar-refractivity contribution in [2.45, 2.75) is 12.8 Å². The number of imidazole rings is 1. The third-order valence-corrected chi connectivity index (χ3v) is 2.96. The van der Waals surface area contributed by atoms with Crippen LogP contribution in [0.4, 0.5) is 5.82 Å². The summed E-state index contributed by atoms with van der Waals surface area (Å²) in [6.45, 7) is 2.05. The molecule has 0 unspecified atom stereocenters. The highest BCUT2D eigenvalue weighted by Gasteiger charge is 2.17. The van der Waals surface area contributed by atoms with Crippen LogP contribution < -0.4 is 4.90 Å². The molecule has 1 saturated heterocycles. The highest BCUT2D eigenvalue weighted by atomic mass is 16.1. The van der Waals surface area contributed by atoms with Crippen LogP contribution in [0.1, 0.15) is 23.3 Å². The first-order valence-electron chi connectivity index (χ1n) is 5.42. The summed E-state index contributed by atoms with van der Waals surface area (Å²) in [6.07, 6.45) is 8.28. The summed E-state index contributed by atoms with van der Waals surface area (Å²) >= 11 is 0. The maximum absolute atomic E-state index is 10.8. The van der Waals surface area contributed by atoms with E-state index in [2.05, 4.69) is 14.9 Å². The van der Waals surface area contributed by atoms with E-state index in [0.717, 1.165) is 30.8 Å². The first-order valence-corrected chi connectivity index (χ1v) is 5.42. The van der Waals surface area contributed by atoms with E-state index in [9.17, 15) is 4.79 Å². The monoisotopic (exact) mass is 216 g/mol. The third-order valence-electron chi connectivity index (χ3n) is 2.96. The molecule has 1 fully saturated rings. The van der Waals surface area contributed by atoms with E-state index in [1.165, 1.54) is 12.8 Å². The molecule has 1 aliphatic heterocycles. The zero-order valence-corrected chi connectivity index (χ0v) is 8.83. The molecule has 0 saturated carbocycles. The standard InChI is InChI=1S/C11H12N4O/c16-8-9-7-13-11-10(12-3-6-15(9)11)14-4-1-2-5-14/h3,6-8H,1-2,4-5H2. The maximum atomic E-state index is 10.8. The minimum Gasteiger partial charge on any atom is -0.354 e. The molecule has 5 heteroatoms. The first kappa shape index (κ1) is 9.33. The number of carbonyl (C=O) groups is 1. The fourth-order valence-electron chi connectivity index (χ4n) is 2.16. The summed E-state index contributed by atoms with van der Waals surface area (Å²) in [5, 5.41) is 0. The van der Waals surface area contributed by atoms with Gasteiger partial charge in [0.2, 0.25) is 0 Å². The van der Waals surface area contributed by atoms with Gasteiger partial charge in [-0.05, 0) is 12.8 Å². The van der Waals surface area contributed by atoms with E-state index in [-0.39, 0.29) is 0 Å². The van der Waals surface area contributed by atoms with Crippen molar-refractivity contribution >= 4 is 17.8 Å². The van der Waals surface area contributed by atoms with Crippen LogP contribution in [0.3, 0.4) is 0 Å². The minimum absolute atomic E-state index is 0.567. The van der Waals surface area contributed by atoms with Crippen molar-refractivity contribution in [3.63, 3.8) is 0 Å². The number of aromatic nitrogens is 3. The second-order valence-electron chi connectivity index (χ2n) is 3.94. The van der Waals surface area contributed by atoms with Crippen LogP contribution in [0.25, 0.3) is 5.65 Å². The van der Waals surface area contributed by atoms with Crippen LogP contribution in [-0.4, -0.2) is 33.7 Å². The molecule has 0 aliphatic carbocycles. The van der Waals surface area contributed by atoms with E-state index in [0.29, 0.717) is 5.69 Å². The number of hydrogen-bond acceptors (Lipinski definition) is 4. The Morgan fingerprint density at radius 1 is 1.25 bits per heavy atom. The van der Waals surface area contributed by atoms with Crippen molar-refractivity contribution in [2.24, 2.45) is 0 Å². The maximum Gasteiger partial charge on any atom is 0.180 e. The first-order chi connectivity index (χ1) is 7.90. The Balaban J connectivity index is 2.17. The quantitative estimate of drug-likeness (QED) is 0.706. The van der Waals surface area contributed by atoms with Crippen LogP contribution >= 0.6 is 0 Å². The van der Waals surface area contributed by atoms with E-state index in [4.69, 9.17) is 0 Å². The van der Waals surface area contributed by atoms with Crippen molar-refractivity contribution in [2.75, 3.05) is 18.0 Å². The predicted octanol–water partition coefficient (Wildman–Crippen LogP) is 1.14. The SMILES string of the molecule is O=Cc1cnc2c(N3CCCC3)nccn12. The van der Waals surface area contributed by atoms with Gasteiger partial charge in [-0.1, -0.05) is 0 Å². The normalized spacial score (nSPS) is 15.9. The Kier molecular flexibility index (Phi) is 2.09. The van der Waals surface area contributed by atoms with Crippen LogP contribution in [0.15, 0.2) is 18.6 Å². The van der Waals surface area contributed by atoms with Crippen molar-refractivity contribution in [3.8, 4) is 0 Å². The summed E-state index contributed by atoms with van der Waals surface area (Å²) in [6, 6.07) is 0. The average molecular weight is 216 g/mol. The Bertz CT molecular complexity index is 528. The lowest BCUT2D eigenvalue weighted by atomic mass is 10.4. The fourth-order valence-corrected chi connectivity index (χ4v) is 2.16. The summed E-state index contributed by atoms with van der Waals surface area (Å²) in [5.74, 6) is 0.883. The highest BCUT2D eigenvalue weighted by molar-refractivity contribution is 5.76. The molecule has 82 valence electrons. The average Bonchev–Trinajstić information content (AvgIpc) is 2.97. The van der Waals surface area contributed by atoms with Crippen LogP contribution in [0.5, 0.6) is 0 Å². The van der Waals surface area contributed by atoms with E-state index < -0.39 is 0 Å². The van der Waals surface area contributed by atoms with Gasteiger partial charge in [0.25, 0.3) is 0 Å². The van der Waals surface area contributed by atoms with Crippen molar-refractivity contribution in [1.29, 1.82) is 0 Å². The van der Waals surface area contributed by atoms with Gasteiger partial charge in [0.15, 0.2) is 17.8 Å². The number of anilines is 1. The molecule has 3 rings (SSSR count). The third kappa shape index (κ3) is 1.28. The molecule has 2 aromatic heterocycles. The second kappa shape index (κ2) is 3.59. The molecule has 3 heterocycles. The molecule has 16 heavy (non-hydrogen) atoms. The smallest absolute Gasteiger partial charge is 0.180 e. The molecule has 0 N–H and O–H groups in total. The van der Waals surface area contributed by atoms with Gasteiger partial charge in [0, 0.05) is 25.5 Å². The van der Waals surface area contributed by atoms with Gasteiger partial charge < -0.3 is 4.90 Å². The zero-order valence-electron chi connectivity index (χ0n) is 8.83. The number of aldehydes is 1. The number of rotatable bonds is 2. The van der Waals surface area contributed by atoms with Crippen LogP contribution in [0.2, 0.25) is 0 Å². The predicted molar refractivity (Wildman–Crippen MR) is 59.8 cm³/mol. The molecule has 2 aromatic rings. The van der Waals surface area contributed by atoms with Gasteiger partial charge in [-0.3, -0.25) is 9.20 Å². The summed E-state index contributed by atoms with van der Waals surface area (Å²) in [4.78, 5) is 21.7. The van der Waals surface area contributed by atoms with Crippen molar-refractivity contribution in [1.82, 2.24) is 14.4 Å². The number of nitrogens with zero attached hydrogens (tertiary/aromatic N) is 4. The Morgan fingerprint density at radius 2 is 2.06 bits per heavy atom. The summed E-state index contributed by atoms with van der Waals surface area (Å²) in [7, 11) is 0. The van der Waals surface area contributed by atoms with Gasteiger partial charge in [0.1, 0.15) is 5.69 Å². The van der Waals surface area contributed by atoms with Crippen LogP contribution in [0, 0.1) is 0 Å². The largest absolute Gasteiger partial charge is 0.354 e. The van der Waals surface area contributed by atoms with Gasteiger partial charge in [-0.2, -0.15) is 0 Å². The molecular weight excluding hydrogens is 204 g/mol. The molecule has 0 atom stereocenters. The van der Waals surface area contributed by atoms with Crippen LogP contribution in [-0.2, 0) is 0 Å². The number of hydrogen-bond donors (Lipinski definition) is 0. The van der Waals surface area contributed by atoms with E-state index >= 15 is 0 Å². The molecule has 0 spiro atoms. The number of fused-ring (bicyclic) bond motifs is 1. The molecule has 0 radical (unpaired) electrons. The van der Waals surface area contributed by atoms with Gasteiger partial charge in [0.05, 0.1) is 6.20 Å². The lowest BCUT2D eigenvalue weighted by molar-refractivity contribution is 0.111. The van der Waals surface area contributed by atoms with E-state index in [1.54, 1.807) is 23.0 Å². The van der Waals surface area contributed by atoms with Crippen molar-refractivity contribution in [3.05, 3.63) is 24.3 Å². The van der Waals surface area contributed by atoms with Gasteiger partial charge in [-0.25, -0.2) is 9.97 Å². The zero-order chi connectivity index (χ0) is 11.0. The topological polar surface area (TPSA) is 50.5 Å². The molecular formula is C11H12N4O. The van der Waals surface area contributed by atoms with Gasteiger partial charge in [-0.15, -0.1) is 0 Å². The van der Waals surface area contributed by atoms with E-state index in [1.807, 2.05) is 0 Å². The van der Waals surface area contributed by atoms with Crippen molar-refractivity contribution < 1.29 is 4.79 Å². The molecule has 5 nitrogen and oxygen atoms in total. The lowest BCUT2D eigenvalue weighted by Gasteiger charge is -2.16. The van der Waals surface area contributed by atoms with Gasteiger partial charge >= 0.3 is 0 Å². The molecule has 1 aliphatic rings. The Labute approximate surface area is 92.7 Å². The molecule has 0 bridgehead atoms. The lowest BCUT2D eigenvalue weighted by Crippen LogP contribution is -2.20. The minimum atomic E-state index is 0.567. The highest BCUT2D eigenvalue weighted by Crippen LogP contribution is 2.22. The summed E-state index contributed by atoms with van der Waals surface area (Å²) in [5.41, 5.74) is 1.34. The summed E-state index contributed by atoms with van der Waals surface area (Å²) < 4.78 is 1.79.